The Morgan fingerprint density at radius 3 is 2.35 bits per heavy atom. The van der Waals surface area contributed by atoms with Crippen molar-refractivity contribution in [2.24, 2.45) is 0 Å². The topological polar surface area (TPSA) is 85.4 Å². The summed E-state index contributed by atoms with van der Waals surface area (Å²) in [5, 5.41) is 1.03. The predicted molar refractivity (Wildman–Crippen MR) is 120 cm³/mol. The Kier molecular flexibility index (Phi) is 6.53. The molecule has 0 unspecified atom stereocenters. The SMILES string of the molecule is O=C(CC1(c2ccc(OCc3ccc4ccccc4n3)cc2)CCCC1)NS(=O)(=O)C(F)(F)F. The number of para-hydroxylation sites is 1. The van der Waals surface area contributed by atoms with Gasteiger partial charge in [0.1, 0.15) is 12.4 Å². The third-order valence-electron chi connectivity index (χ3n) is 6.12. The van der Waals surface area contributed by atoms with Crippen LogP contribution < -0.4 is 9.46 Å². The molecule has 2 aromatic carbocycles. The van der Waals surface area contributed by atoms with Crippen LogP contribution in [0.3, 0.4) is 0 Å². The molecule has 1 N–H and O–H groups in total. The first-order valence-corrected chi connectivity index (χ1v) is 12.3. The number of ether oxygens (including phenoxy) is 1. The minimum atomic E-state index is -5.73. The molecule has 6 nitrogen and oxygen atoms in total. The quantitative estimate of drug-likeness (QED) is 0.503. The number of carbonyl (C=O) groups is 1. The highest BCUT2D eigenvalue weighted by atomic mass is 32.2. The van der Waals surface area contributed by atoms with Gasteiger partial charge in [-0.05, 0) is 42.7 Å². The Morgan fingerprint density at radius 1 is 1.00 bits per heavy atom. The Bertz CT molecular complexity index is 1290. The number of aromatic nitrogens is 1. The summed E-state index contributed by atoms with van der Waals surface area (Å²) < 4.78 is 67.5. The largest absolute Gasteiger partial charge is 0.516 e. The van der Waals surface area contributed by atoms with Crippen LogP contribution in [0.4, 0.5) is 13.2 Å². The lowest BCUT2D eigenvalue weighted by Crippen LogP contribution is -2.42. The van der Waals surface area contributed by atoms with Gasteiger partial charge in [-0.25, -0.2) is 9.71 Å². The lowest BCUT2D eigenvalue weighted by molar-refractivity contribution is -0.121. The monoisotopic (exact) mass is 492 g/mol. The summed E-state index contributed by atoms with van der Waals surface area (Å²) in [6.07, 6.45) is 2.40. The summed E-state index contributed by atoms with van der Waals surface area (Å²) in [5.74, 6) is -0.585. The molecular weight excluding hydrogens is 469 g/mol. The molecule has 0 radical (unpaired) electrons. The van der Waals surface area contributed by atoms with Gasteiger partial charge in [0.2, 0.25) is 5.91 Å². The van der Waals surface area contributed by atoms with Gasteiger partial charge in [0.25, 0.3) is 0 Å². The fraction of sp³-hybridized carbons (Fsp3) is 0.333. The molecule has 1 saturated carbocycles. The number of hydrogen-bond acceptors (Lipinski definition) is 5. The molecule has 0 spiro atoms. The van der Waals surface area contributed by atoms with Crippen LogP contribution in [0.2, 0.25) is 0 Å². The number of hydrogen-bond donors (Lipinski definition) is 1. The number of nitrogens with zero attached hydrogens (tertiary/aromatic N) is 1. The van der Waals surface area contributed by atoms with E-state index in [1.807, 2.05) is 36.4 Å². The molecule has 1 amide bonds. The van der Waals surface area contributed by atoms with E-state index in [2.05, 4.69) is 4.98 Å². The molecule has 10 heteroatoms. The number of amides is 1. The molecule has 1 aliphatic carbocycles. The average molecular weight is 493 g/mol. The minimum Gasteiger partial charge on any atom is -0.487 e. The Balaban J connectivity index is 1.44. The van der Waals surface area contributed by atoms with Gasteiger partial charge in [-0.1, -0.05) is 49.2 Å². The van der Waals surface area contributed by atoms with Gasteiger partial charge in [0.15, 0.2) is 0 Å². The van der Waals surface area contributed by atoms with Gasteiger partial charge in [-0.2, -0.15) is 21.6 Å². The number of pyridine rings is 1. The normalized spacial score (nSPS) is 15.9. The first-order valence-electron chi connectivity index (χ1n) is 10.8. The van der Waals surface area contributed by atoms with Crippen molar-refractivity contribution in [3.63, 3.8) is 0 Å². The number of sulfonamides is 1. The lowest BCUT2D eigenvalue weighted by atomic mass is 9.76. The van der Waals surface area contributed by atoms with E-state index in [0.29, 0.717) is 18.6 Å². The number of rotatable bonds is 7. The van der Waals surface area contributed by atoms with E-state index in [9.17, 15) is 26.4 Å². The van der Waals surface area contributed by atoms with Crippen molar-refractivity contribution in [2.75, 3.05) is 0 Å². The van der Waals surface area contributed by atoms with Crippen molar-refractivity contribution < 1.29 is 31.1 Å². The third-order valence-corrected chi connectivity index (χ3v) is 7.23. The van der Waals surface area contributed by atoms with Crippen LogP contribution in [0.5, 0.6) is 5.75 Å². The molecule has 1 fully saturated rings. The highest BCUT2D eigenvalue weighted by molar-refractivity contribution is 7.90. The molecule has 4 rings (SSSR count). The zero-order chi connectivity index (χ0) is 24.4. The number of benzene rings is 2. The molecule has 34 heavy (non-hydrogen) atoms. The number of nitrogens with one attached hydrogen (secondary N) is 1. The van der Waals surface area contributed by atoms with Crippen LogP contribution in [-0.4, -0.2) is 24.8 Å². The second-order valence-corrected chi connectivity index (χ2v) is 10.1. The average Bonchev–Trinajstić information content (AvgIpc) is 3.26. The number of carbonyl (C=O) groups excluding carboxylic acids is 1. The van der Waals surface area contributed by atoms with Crippen molar-refractivity contribution in [3.05, 3.63) is 71.9 Å². The summed E-state index contributed by atoms with van der Waals surface area (Å²) in [6.45, 7) is 0.257. The number of alkyl halides is 3. The van der Waals surface area contributed by atoms with E-state index in [1.54, 1.807) is 24.3 Å². The van der Waals surface area contributed by atoms with E-state index in [1.165, 1.54) is 0 Å². The molecule has 180 valence electrons. The molecule has 0 bridgehead atoms. The smallest absolute Gasteiger partial charge is 0.487 e. The fourth-order valence-corrected chi connectivity index (χ4v) is 4.91. The predicted octanol–water partition coefficient (Wildman–Crippen LogP) is 4.98. The number of halogens is 3. The highest BCUT2D eigenvalue weighted by Gasteiger charge is 2.48. The van der Waals surface area contributed by atoms with Crippen molar-refractivity contribution in [1.29, 1.82) is 0 Å². The van der Waals surface area contributed by atoms with Crippen LogP contribution >= 0.6 is 0 Å². The molecule has 0 saturated heterocycles. The van der Waals surface area contributed by atoms with E-state index in [-0.39, 0.29) is 13.0 Å². The lowest BCUT2D eigenvalue weighted by Gasteiger charge is -2.29. The highest BCUT2D eigenvalue weighted by Crippen LogP contribution is 2.44. The summed E-state index contributed by atoms with van der Waals surface area (Å²) in [6, 6.07) is 18.6. The van der Waals surface area contributed by atoms with Crippen LogP contribution in [-0.2, 0) is 26.8 Å². The summed E-state index contributed by atoms with van der Waals surface area (Å²) in [7, 11) is -5.73. The molecular formula is C24H23F3N2O4S. The Labute approximate surface area is 195 Å². The van der Waals surface area contributed by atoms with E-state index in [4.69, 9.17) is 4.74 Å². The second-order valence-electron chi connectivity index (χ2n) is 8.45. The summed E-state index contributed by atoms with van der Waals surface area (Å²) in [5.41, 5.74) is -3.86. The zero-order valence-electron chi connectivity index (χ0n) is 18.1. The van der Waals surface area contributed by atoms with Gasteiger partial charge >= 0.3 is 15.5 Å². The van der Waals surface area contributed by atoms with Crippen molar-refractivity contribution in [1.82, 2.24) is 9.71 Å². The third kappa shape index (κ3) is 5.16. The van der Waals surface area contributed by atoms with E-state index in [0.717, 1.165) is 39.7 Å². The second kappa shape index (κ2) is 9.25. The van der Waals surface area contributed by atoms with E-state index >= 15 is 0 Å². The summed E-state index contributed by atoms with van der Waals surface area (Å²) in [4.78, 5) is 16.8. The van der Waals surface area contributed by atoms with E-state index < -0.39 is 26.9 Å². The molecule has 1 aromatic heterocycles. The minimum absolute atomic E-state index is 0.257. The fourth-order valence-electron chi connectivity index (χ4n) is 4.42. The van der Waals surface area contributed by atoms with Gasteiger partial charge in [0.05, 0.1) is 11.2 Å². The molecule has 1 aliphatic rings. The van der Waals surface area contributed by atoms with Gasteiger partial charge in [-0.15, -0.1) is 0 Å². The Hall–Kier alpha value is -3.14. The standard InChI is InChI=1S/C24H23F3N2O4S/c25-24(26,27)34(31,32)29-22(30)15-23(13-3-4-14-23)18-8-11-20(12-9-18)33-16-19-10-7-17-5-1-2-6-21(17)28-19/h1-2,5-12H,3-4,13-16H2,(H,29,30). The maximum Gasteiger partial charge on any atom is 0.516 e. The van der Waals surface area contributed by atoms with Crippen LogP contribution in [0.1, 0.15) is 43.4 Å². The zero-order valence-corrected chi connectivity index (χ0v) is 19.0. The number of fused-ring (bicyclic) bond motifs is 1. The maximum absolute atomic E-state index is 12.6. The maximum atomic E-state index is 12.6. The van der Waals surface area contributed by atoms with Crippen LogP contribution in [0, 0.1) is 0 Å². The molecule has 0 atom stereocenters. The van der Waals surface area contributed by atoms with Gasteiger partial charge in [-0.3, -0.25) is 4.79 Å². The van der Waals surface area contributed by atoms with Crippen molar-refractivity contribution in [3.8, 4) is 5.75 Å². The first-order chi connectivity index (χ1) is 16.1. The summed E-state index contributed by atoms with van der Waals surface area (Å²) >= 11 is 0. The van der Waals surface area contributed by atoms with Crippen LogP contribution in [0.25, 0.3) is 10.9 Å². The van der Waals surface area contributed by atoms with Gasteiger partial charge < -0.3 is 4.74 Å². The molecule has 0 aliphatic heterocycles. The molecule has 1 heterocycles. The van der Waals surface area contributed by atoms with Crippen LogP contribution in [0.15, 0.2) is 60.7 Å². The Morgan fingerprint density at radius 2 is 1.68 bits per heavy atom. The van der Waals surface area contributed by atoms with Crippen molar-refractivity contribution in [2.45, 2.75) is 49.6 Å². The van der Waals surface area contributed by atoms with Crippen molar-refractivity contribution >= 4 is 26.8 Å². The van der Waals surface area contributed by atoms with Gasteiger partial charge in [0, 0.05) is 17.2 Å². The molecule has 3 aromatic rings. The first kappa shape index (κ1) is 24.0.